The Morgan fingerprint density at radius 1 is 1.10 bits per heavy atom. The van der Waals surface area contributed by atoms with Crippen molar-refractivity contribution in [2.75, 3.05) is 14.2 Å². The lowest BCUT2D eigenvalue weighted by Gasteiger charge is -2.28. The maximum absolute atomic E-state index is 14.1. The summed E-state index contributed by atoms with van der Waals surface area (Å²) in [6.45, 7) is 0. The molecule has 20 heavy (non-hydrogen) atoms. The smallest absolute Gasteiger partial charge is 0.163 e. The highest BCUT2D eigenvalue weighted by Crippen LogP contribution is 2.37. The summed E-state index contributed by atoms with van der Waals surface area (Å²) in [7, 11) is 3.05. The van der Waals surface area contributed by atoms with Crippen LogP contribution in [0.15, 0.2) is 12.1 Å². The Labute approximate surface area is 126 Å². The predicted octanol–water partition coefficient (Wildman–Crippen LogP) is 3.84. The van der Waals surface area contributed by atoms with E-state index in [1.807, 2.05) is 0 Å². The second-order valence-electron chi connectivity index (χ2n) is 5.15. The molecule has 1 saturated carbocycles. The fourth-order valence-corrected chi connectivity index (χ4v) is 2.87. The fourth-order valence-electron chi connectivity index (χ4n) is 2.87. The maximum Gasteiger partial charge on any atom is 0.163 e. The standard InChI is InChI=1S/C15H22FNO2.ClH/c1-18-13-8-11(12(16)9-14(13)19-2)15(17)10-6-4-3-5-7-10;/h8-10,15H,3-7,17H2,1-2H3;1H/t15-;/m1./s1. The van der Waals surface area contributed by atoms with Gasteiger partial charge in [-0.25, -0.2) is 4.39 Å². The van der Waals surface area contributed by atoms with Gasteiger partial charge in [-0.3, -0.25) is 0 Å². The van der Waals surface area contributed by atoms with Gasteiger partial charge in [-0.2, -0.15) is 0 Å². The Kier molecular flexibility index (Phi) is 6.56. The highest BCUT2D eigenvalue weighted by Gasteiger charge is 2.25. The number of hydrogen-bond acceptors (Lipinski definition) is 3. The van der Waals surface area contributed by atoms with Gasteiger partial charge in [0.05, 0.1) is 14.2 Å². The number of rotatable bonds is 4. The molecule has 1 fully saturated rings. The summed E-state index contributed by atoms with van der Waals surface area (Å²) in [5, 5.41) is 0. The van der Waals surface area contributed by atoms with Crippen LogP contribution in [-0.4, -0.2) is 14.2 Å². The SMILES string of the molecule is COc1cc(F)c([C@H](N)C2CCCCC2)cc1OC.Cl. The van der Waals surface area contributed by atoms with Crippen LogP contribution in [0.1, 0.15) is 43.7 Å². The second-order valence-corrected chi connectivity index (χ2v) is 5.15. The molecule has 2 N–H and O–H groups in total. The summed E-state index contributed by atoms with van der Waals surface area (Å²) in [5.41, 5.74) is 6.78. The molecule has 0 saturated heterocycles. The minimum atomic E-state index is -0.310. The highest BCUT2D eigenvalue weighted by atomic mass is 35.5. The van der Waals surface area contributed by atoms with Gasteiger partial charge in [0.15, 0.2) is 11.5 Å². The zero-order chi connectivity index (χ0) is 13.8. The normalized spacial score (nSPS) is 17.2. The number of methoxy groups -OCH3 is 2. The van der Waals surface area contributed by atoms with Gasteiger partial charge in [0.25, 0.3) is 0 Å². The number of halogens is 2. The first-order valence-electron chi connectivity index (χ1n) is 6.84. The van der Waals surface area contributed by atoms with Gasteiger partial charge in [-0.1, -0.05) is 19.3 Å². The predicted molar refractivity (Wildman–Crippen MR) is 80.3 cm³/mol. The third-order valence-electron chi connectivity index (χ3n) is 4.02. The van der Waals surface area contributed by atoms with Gasteiger partial charge in [-0.15, -0.1) is 12.4 Å². The molecule has 0 heterocycles. The van der Waals surface area contributed by atoms with Crippen molar-refractivity contribution < 1.29 is 13.9 Å². The molecule has 114 valence electrons. The van der Waals surface area contributed by atoms with E-state index in [1.54, 1.807) is 13.2 Å². The van der Waals surface area contributed by atoms with Crippen molar-refractivity contribution >= 4 is 12.4 Å². The van der Waals surface area contributed by atoms with Crippen LogP contribution in [0.2, 0.25) is 0 Å². The molecule has 0 aromatic heterocycles. The van der Waals surface area contributed by atoms with Crippen molar-refractivity contribution in [3.8, 4) is 11.5 Å². The average molecular weight is 304 g/mol. The number of hydrogen-bond donors (Lipinski definition) is 1. The Morgan fingerprint density at radius 2 is 1.65 bits per heavy atom. The van der Waals surface area contributed by atoms with Gasteiger partial charge in [-0.05, 0) is 24.8 Å². The van der Waals surface area contributed by atoms with E-state index in [2.05, 4.69) is 0 Å². The van der Waals surface area contributed by atoms with Gasteiger partial charge in [0.1, 0.15) is 5.82 Å². The quantitative estimate of drug-likeness (QED) is 0.919. The highest BCUT2D eigenvalue weighted by molar-refractivity contribution is 5.85. The van der Waals surface area contributed by atoms with Gasteiger partial charge >= 0.3 is 0 Å². The van der Waals surface area contributed by atoms with Crippen molar-refractivity contribution in [1.82, 2.24) is 0 Å². The van der Waals surface area contributed by atoms with Crippen LogP contribution in [0.3, 0.4) is 0 Å². The molecular formula is C15H23ClFNO2. The molecule has 0 bridgehead atoms. The summed E-state index contributed by atoms with van der Waals surface area (Å²) in [4.78, 5) is 0. The maximum atomic E-state index is 14.1. The van der Waals surface area contributed by atoms with Crippen LogP contribution in [0.4, 0.5) is 4.39 Å². The molecule has 0 amide bonds. The molecule has 5 heteroatoms. The molecule has 1 aliphatic carbocycles. The zero-order valence-electron chi connectivity index (χ0n) is 12.0. The lowest BCUT2D eigenvalue weighted by Crippen LogP contribution is -2.24. The van der Waals surface area contributed by atoms with Crippen molar-refractivity contribution in [3.63, 3.8) is 0 Å². The van der Waals surface area contributed by atoms with Crippen molar-refractivity contribution in [1.29, 1.82) is 0 Å². The summed E-state index contributed by atoms with van der Waals surface area (Å²) >= 11 is 0. The monoisotopic (exact) mass is 303 g/mol. The van der Waals surface area contributed by atoms with Crippen molar-refractivity contribution in [2.45, 2.75) is 38.1 Å². The van der Waals surface area contributed by atoms with Crippen LogP contribution < -0.4 is 15.2 Å². The lowest BCUT2D eigenvalue weighted by molar-refractivity contribution is 0.301. The van der Waals surface area contributed by atoms with E-state index in [0.29, 0.717) is 23.0 Å². The molecule has 1 aromatic rings. The summed E-state index contributed by atoms with van der Waals surface area (Å²) in [5.74, 6) is 0.988. The van der Waals surface area contributed by atoms with E-state index >= 15 is 0 Å². The molecule has 2 rings (SSSR count). The van der Waals surface area contributed by atoms with Crippen molar-refractivity contribution in [3.05, 3.63) is 23.5 Å². The third kappa shape index (κ3) is 3.55. The average Bonchev–Trinajstić information content (AvgIpc) is 2.47. The van der Waals surface area contributed by atoms with E-state index in [4.69, 9.17) is 15.2 Å². The third-order valence-corrected chi connectivity index (χ3v) is 4.02. The Bertz CT molecular complexity index is 436. The molecule has 1 aromatic carbocycles. The molecular weight excluding hydrogens is 281 g/mol. The van der Waals surface area contributed by atoms with Crippen LogP contribution in [-0.2, 0) is 0 Å². The van der Waals surface area contributed by atoms with Gasteiger partial charge in [0, 0.05) is 17.7 Å². The molecule has 0 spiro atoms. The second kappa shape index (κ2) is 7.70. The van der Waals surface area contributed by atoms with E-state index in [9.17, 15) is 4.39 Å². The molecule has 1 atom stereocenters. The van der Waals surface area contributed by atoms with E-state index < -0.39 is 0 Å². The summed E-state index contributed by atoms with van der Waals surface area (Å²) in [6, 6.07) is 2.77. The van der Waals surface area contributed by atoms with E-state index in [0.717, 1.165) is 12.8 Å². The first kappa shape index (κ1) is 17.1. The zero-order valence-corrected chi connectivity index (χ0v) is 12.8. The molecule has 0 unspecified atom stereocenters. The van der Waals surface area contributed by atoms with Gasteiger partial charge < -0.3 is 15.2 Å². The Balaban J connectivity index is 0.00000200. The fraction of sp³-hybridized carbons (Fsp3) is 0.600. The summed E-state index contributed by atoms with van der Waals surface area (Å²) in [6.07, 6.45) is 5.79. The minimum Gasteiger partial charge on any atom is -0.493 e. The van der Waals surface area contributed by atoms with Crippen LogP contribution in [0.25, 0.3) is 0 Å². The largest absolute Gasteiger partial charge is 0.493 e. The first-order valence-corrected chi connectivity index (χ1v) is 6.84. The van der Waals surface area contributed by atoms with Crippen LogP contribution in [0, 0.1) is 11.7 Å². The van der Waals surface area contributed by atoms with Crippen LogP contribution in [0.5, 0.6) is 11.5 Å². The topological polar surface area (TPSA) is 44.5 Å². The van der Waals surface area contributed by atoms with E-state index in [1.165, 1.54) is 32.4 Å². The molecule has 3 nitrogen and oxygen atoms in total. The molecule has 1 aliphatic rings. The first-order chi connectivity index (χ1) is 9.17. The Morgan fingerprint density at radius 3 is 2.20 bits per heavy atom. The number of benzene rings is 1. The van der Waals surface area contributed by atoms with E-state index in [-0.39, 0.29) is 24.3 Å². The molecule has 0 radical (unpaired) electrons. The number of ether oxygens (including phenoxy) is 2. The minimum absolute atomic E-state index is 0. The summed E-state index contributed by atoms with van der Waals surface area (Å²) < 4.78 is 24.5. The molecule has 0 aliphatic heterocycles. The van der Waals surface area contributed by atoms with Crippen LogP contribution >= 0.6 is 12.4 Å². The number of nitrogens with two attached hydrogens (primary N) is 1. The van der Waals surface area contributed by atoms with Gasteiger partial charge in [0.2, 0.25) is 0 Å². The Hall–Kier alpha value is -1.00. The van der Waals surface area contributed by atoms with Crippen molar-refractivity contribution in [2.24, 2.45) is 11.7 Å². The lowest BCUT2D eigenvalue weighted by atomic mass is 9.81.